The highest BCUT2D eigenvalue weighted by Crippen LogP contribution is 2.21. The van der Waals surface area contributed by atoms with Crippen molar-refractivity contribution in [3.63, 3.8) is 0 Å². The predicted octanol–water partition coefficient (Wildman–Crippen LogP) is 2.17. The fourth-order valence-electron chi connectivity index (χ4n) is 1.64. The van der Waals surface area contributed by atoms with Crippen LogP contribution in [0.5, 0.6) is 0 Å². The monoisotopic (exact) mass is 221 g/mol. The van der Waals surface area contributed by atoms with Crippen molar-refractivity contribution in [2.75, 3.05) is 14.1 Å². The van der Waals surface area contributed by atoms with Crippen molar-refractivity contribution in [1.82, 2.24) is 4.90 Å². The van der Waals surface area contributed by atoms with Gasteiger partial charge in [-0.3, -0.25) is 9.69 Å². The number of rotatable bonds is 4. The summed E-state index contributed by atoms with van der Waals surface area (Å²) in [6.07, 6.45) is 0. The molecule has 0 spiro atoms. The summed E-state index contributed by atoms with van der Waals surface area (Å²) < 4.78 is 0. The number of carbonyl (C=O) groups excluding carboxylic acids is 1. The van der Waals surface area contributed by atoms with E-state index in [1.54, 1.807) is 0 Å². The van der Waals surface area contributed by atoms with Crippen LogP contribution in [0.4, 0.5) is 0 Å². The molecule has 0 aliphatic heterocycles. The van der Waals surface area contributed by atoms with Gasteiger partial charge in [-0.25, -0.2) is 0 Å². The van der Waals surface area contributed by atoms with E-state index in [4.69, 9.17) is 12.2 Å². The van der Waals surface area contributed by atoms with Gasteiger partial charge in [0.05, 0.1) is 6.04 Å². The van der Waals surface area contributed by atoms with Crippen molar-refractivity contribution in [2.24, 2.45) is 0 Å². The lowest BCUT2D eigenvalue weighted by atomic mass is 9.98. The number of benzene rings is 1. The Bertz CT molecular complexity index is 374. The Morgan fingerprint density at radius 3 is 2.47 bits per heavy atom. The SMILES string of the molecule is Cc1ccccc1[C@H](C(=O)C=S)N(C)C. The molecule has 0 radical (unpaired) electrons. The molecule has 0 saturated carbocycles. The molecule has 80 valence electrons. The second-order valence-electron chi connectivity index (χ2n) is 3.74. The highest BCUT2D eigenvalue weighted by molar-refractivity contribution is 7.80. The largest absolute Gasteiger partial charge is 0.296 e. The average molecular weight is 221 g/mol. The number of hydrogen-bond acceptors (Lipinski definition) is 3. The highest BCUT2D eigenvalue weighted by atomic mass is 32.1. The van der Waals surface area contributed by atoms with Gasteiger partial charge in [0, 0.05) is 5.37 Å². The van der Waals surface area contributed by atoms with Crippen LogP contribution < -0.4 is 0 Å². The first kappa shape index (κ1) is 12.0. The van der Waals surface area contributed by atoms with Crippen molar-refractivity contribution in [2.45, 2.75) is 13.0 Å². The van der Waals surface area contributed by atoms with E-state index in [1.165, 1.54) is 5.37 Å². The quantitative estimate of drug-likeness (QED) is 0.727. The van der Waals surface area contributed by atoms with E-state index in [1.807, 2.05) is 50.2 Å². The Kier molecular flexibility index (Phi) is 4.12. The lowest BCUT2D eigenvalue weighted by Crippen LogP contribution is -2.28. The number of carbonyl (C=O) groups is 1. The van der Waals surface area contributed by atoms with Crippen LogP contribution in [0, 0.1) is 6.92 Å². The second-order valence-corrected chi connectivity index (χ2v) is 3.98. The van der Waals surface area contributed by atoms with E-state index < -0.39 is 0 Å². The Hall–Kier alpha value is -1.06. The number of nitrogens with zero attached hydrogens (tertiary/aromatic N) is 1. The number of aryl methyl sites for hydroxylation is 1. The van der Waals surface area contributed by atoms with E-state index in [0.717, 1.165) is 11.1 Å². The van der Waals surface area contributed by atoms with Crippen molar-refractivity contribution in [3.05, 3.63) is 35.4 Å². The molecule has 1 atom stereocenters. The van der Waals surface area contributed by atoms with E-state index in [-0.39, 0.29) is 11.8 Å². The van der Waals surface area contributed by atoms with Gasteiger partial charge in [-0.2, -0.15) is 0 Å². The van der Waals surface area contributed by atoms with Crippen LogP contribution >= 0.6 is 12.2 Å². The number of Topliss-reactive ketones (excluding diaryl/α,β-unsaturated/α-hetero) is 1. The maximum Gasteiger partial charge on any atom is 0.187 e. The lowest BCUT2D eigenvalue weighted by molar-refractivity contribution is -0.116. The molecule has 3 heteroatoms. The first-order valence-corrected chi connectivity index (χ1v) is 5.26. The summed E-state index contributed by atoms with van der Waals surface area (Å²) in [7, 11) is 3.77. The average Bonchev–Trinajstić information content (AvgIpc) is 2.20. The first-order chi connectivity index (χ1) is 7.07. The molecule has 2 nitrogen and oxygen atoms in total. The van der Waals surface area contributed by atoms with Crippen molar-refractivity contribution in [3.8, 4) is 0 Å². The van der Waals surface area contributed by atoms with Crippen molar-refractivity contribution < 1.29 is 4.79 Å². The molecule has 0 unspecified atom stereocenters. The van der Waals surface area contributed by atoms with Gasteiger partial charge in [0.2, 0.25) is 0 Å². The molecule has 0 N–H and O–H groups in total. The minimum absolute atomic E-state index is 0.0377. The maximum absolute atomic E-state index is 11.7. The summed E-state index contributed by atoms with van der Waals surface area (Å²) in [5, 5.41) is 1.22. The summed E-state index contributed by atoms with van der Waals surface area (Å²) in [5.74, 6) is -0.0377. The maximum atomic E-state index is 11.7. The lowest BCUT2D eigenvalue weighted by Gasteiger charge is -2.23. The van der Waals surface area contributed by atoms with Gasteiger partial charge in [0.15, 0.2) is 5.78 Å². The summed E-state index contributed by atoms with van der Waals surface area (Å²) in [6, 6.07) is 7.62. The zero-order valence-corrected chi connectivity index (χ0v) is 10.0. The van der Waals surface area contributed by atoms with Gasteiger partial charge >= 0.3 is 0 Å². The van der Waals surface area contributed by atoms with Crippen LogP contribution in [0.15, 0.2) is 24.3 Å². The second kappa shape index (κ2) is 5.14. The Morgan fingerprint density at radius 2 is 2.00 bits per heavy atom. The van der Waals surface area contributed by atoms with Gasteiger partial charge in [-0.15, -0.1) is 0 Å². The smallest absolute Gasteiger partial charge is 0.187 e. The molecular formula is C12H15NOS. The van der Waals surface area contributed by atoms with Crippen LogP contribution in [0.1, 0.15) is 17.2 Å². The molecule has 0 aliphatic rings. The third-order valence-electron chi connectivity index (χ3n) is 2.39. The van der Waals surface area contributed by atoms with E-state index in [0.29, 0.717) is 0 Å². The van der Waals surface area contributed by atoms with Crippen LogP contribution in [0.25, 0.3) is 0 Å². The minimum Gasteiger partial charge on any atom is -0.296 e. The molecule has 0 aliphatic carbocycles. The van der Waals surface area contributed by atoms with Crippen molar-refractivity contribution >= 4 is 23.4 Å². The fraction of sp³-hybridized carbons (Fsp3) is 0.333. The molecule has 1 rings (SSSR count). The summed E-state index contributed by atoms with van der Waals surface area (Å²) in [6.45, 7) is 2.00. The number of hydrogen-bond donors (Lipinski definition) is 0. The number of thiocarbonyl (C=S) groups is 1. The molecule has 1 aromatic rings. The zero-order valence-electron chi connectivity index (χ0n) is 9.23. The van der Waals surface area contributed by atoms with Gasteiger partial charge in [-0.05, 0) is 32.1 Å². The van der Waals surface area contributed by atoms with Crippen LogP contribution in [0.2, 0.25) is 0 Å². The van der Waals surface area contributed by atoms with Crippen molar-refractivity contribution in [1.29, 1.82) is 0 Å². The van der Waals surface area contributed by atoms with Gasteiger partial charge in [-0.1, -0.05) is 36.5 Å². The van der Waals surface area contributed by atoms with Gasteiger partial charge < -0.3 is 0 Å². The molecule has 15 heavy (non-hydrogen) atoms. The molecule has 0 saturated heterocycles. The molecular weight excluding hydrogens is 206 g/mol. The molecule has 1 aromatic carbocycles. The van der Waals surface area contributed by atoms with Crippen LogP contribution in [-0.2, 0) is 4.79 Å². The van der Waals surface area contributed by atoms with E-state index in [2.05, 4.69) is 0 Å². The fourth-order valence-corrected chi connectivity index (χ4v) is 1.77. The summed E-state index contributed by atoms with van der Waals surface area (Å²) in [5.41, 5.74) is 2.13. The van der Waals surface area contributed by atoms with E-state index in [9.17, 15) is 4.79 Å². The minimum atomic E-state index is -0.260. The Morgan fingerprint density at radius 1 is 1.40 bits per heavy atom. The summed E-state index contributed by atoms with van der Waals surface area (Å²) >= 11 is 4.71. The molecule has 0 aromatic heterocycles. The number of ketones is 1. The topological polar surface area (TPSA) is 20.3 Å². The Balaban J connectivity index is 3.16. The van der Waals surface area contributed by atoms with Crippen LogP contribution in [0.3, 0.4) is 0 Å². The number of likely N-dealkylation sites (N-methyl/N-ethyl adjacent to an activating group) is 1. The van der Waals surface area contributed by atoms with Gasteiger partial charge in [0.1, 0.15) is 0 Å². The van der Waals surface area contributed by atoms with Crippen LogP contribution in [-0.4, -0.2) is 30.1 Å². The highest BCUT2D eigenvalue weighted by Gasteiger charge is 2.21. The van der Waals surface area contributed by atoms with Gasteiger partial charge in [0.25, 0.3) is 0 Å². The normalized spacial score (nSPS) is 12.5. The molecule has 0 amide bonds. The Labute approximate surface area is 95.9 Å². The first-order valence-electron chi connectivity index (χ1n) is 4.79. The summed E-state index contributed by atoms with van der Waals surface area (Å²) in [4.78, 5) is 13.6. The molecule has 0 heterocycles. The molecule has 0 fully saturated rings. The third-order valence-corrected chi connectivity index (χ3v) is 2.62. The van der Waals surface area contributed by atoms with E-state index >= 15 is 0 Å². The predicted molar refractivity (Wildman–Crippen MR) is 66.3 cm³/mol. The standard InChI is InChI=1S/C12H15NOS/c1-9-6-4-5-7-10(9)12(13(2)3)11(14)8-15/h4-8,12H,1-3H3/t12-/m1/s1. The molecule has 0 bridgehead atoms. The third kappa shape index (κ3) is 2.70. The zero-order chi connectivity index (χ0) is 11.4.